The van der Waals surface area contributed by atoms with Crippen molar-refractivity contribution in [3.05, 3.63) is 34.6 Å². The van der Waals surface area contributed by atoms with E-state index < -0.39 is 0 Å². The number of nitriles is 1. The zero-order valence-corrected chi connectivity index (χ0v) is 13.2. The van der Waals surface area contributed by atoms with Crippen molar-refractivity contribution >= 4 is 16.9 Å². The Hall–Kier alpha value is -2.28. The van der Waals surface area contributed by atoms with Crippen LogP contribution < -0.4 is 0 Å². The third-order valence-electron chi connectivity index (χ3n) is 4.05. The Bertz CT molecular complexity index is 737. The van der Waals surface area contributed by atoms with E-state index in [-0.39, 0.29) is 11.9 Å². The summed E-state index contributed by atoms with van der Waals surface area (Å²) in [5.41, 5.74) is 3.76. The zero-order chi connectivity index (χ0) is 15.7. The number of amides is 1. The number of carbonyl (C=O) groups excluding carboxylic acids is 1. The lowest BCUT2D eigenvalue weighted by Gasteiger charge is -2.21. The van der Waals surface area contributed by atoms with Crippen LogP contribution in [-0.4, -0.2) is 23.9 Å². The molecule has 0 aliphatic heterocycles. The molecule has 0 saturated heterocycles. The van der Waals surface area contributed by atoms with E-state index in [1.807, 2.05) is 39.8 Å². The monoisotopic (exact) mass is 284 g/mol. The number of furan rings is 1. The van der Waals surface area contributed by atoms with Crippen molar-refractivity contribution in [3.8, 4) is 6.07 Å². The van der Waals surface area contributed by atoms with Gasteiger partial charge in [0.25, 0.3) is 5.91 Å². The molecular formula is C17H20N2O2. The summed E-state index contributed by atoms with van der Waals surface area (Å²) in [6.45, 7) is 7.76. The molecule has 1 aromatic heterocycles. The molecule has 2 rings (SSSR count). The molecule has 1 amide bonds. The molecule has 21 heavy (non-hydrogen) atoms. The highest BCUT2D eigenvalue weighted by Gasteiger charge is 2.25. The van der Waals surface area contributed by atoms with Crippen molar-refractivity contribution in [2.24, 2.45) is 0 Å². The molecule has 2 aromatic rings. The predicted octanol–water partition coefficient (Wildman–Crippen LogP) is 3.73. The van der Waals surface area contributed by atoms with E-state index in [9.17, 15) is 4.79 Å². The molecule has 1 unspecified atom stereocenters. The van der Waals surface area contributed by atoms with Gasteiger partial charge in [-0.3, -0.25) is 4.79 Å². The van der Waals surface area contributed by atoms with Crippen LogP contribution in [0.2, 0.25) is 0 Å². The van der Waals surface area contributed by atoms with Crippen molar-refractivity contribution < 1.29 is 9.21 Å². The Morgan fingerprint density at radius 1 is 1.33 bits per heavy atom. The molecule has 0 saturated carbocycles. The van der Waals surface area contributed by atoms with Crippen LogP contribution in [0.5, 0.6) is 0 Å². The van der Waals surface area contributed by atoms with Crippen LogP contribution in [0.4, 0.5) is 0 Å². The Morgan fingerprint density at radius 2 is 1.95 bits per heavy atom. The summed E-state index contributed by atoms with van der Waals surface area (Å²) in [4.78, 5) is 14.2. The molecule has 0 radical (unpaired) electrons. The minimum absolute atomic E-state index is 0.141. The average molecular weight is 284 g/mol. The Morgan fingerprint density at radius 3 is 2.52 bits per heavy atom. The average Bonchev–Trinajstić information content (AvgIpc) is 2.80. The third-order valence-corrected chi connectivity index (χ3v) is 4.05. The molecule has 110 valence electrons. The van der Waals surface area contributed by atoms with Crippen molar-refractivity contribution in [3.63, 3.8) is 0 Å². The minimum Gasteiger partial charge on any atom is -0.450 e. The largest absolute Gasteiger partial charge is 0.450 e. The Kier molecular flexibility index (Phi) is 4.04. The maximum absolute atomic E-state index is 12.6. The highest BCUT2D eigenvalue weighted by Crippen LogP contribution is 2.31. The molecule has 0 aliphatic carbocycles. The predicted molar refractivity (Wildman–Crippen MR) is 82.2 cm³/mol. The lowest BCUT2D eigenvalue weighted by molar-refractivity contribution is 0.0715. The number of benzene rings is 1. The number of hydrogen-bond donors (Lipinski definition) is 0. The molecule has 0 aliphatic rings. The summed E-state index contributed by atoms with van der Waals surface area (Å²) in [5, 5.41) is 9.78. The number of hydrogen-bond acceptors (Lipinski definition) is 3. The highest BCUT2D eigenvalue weighted by molar-refractivity contribution is 6.00. The molecule has 0 N–H and O–H groups in total. The fourth-order valence-electron chi connectivity index (χ4n) is 2.51. The topological polar surface area (TPSA) is 57.2 Å². The minimum atomic E-state index is -0.176. The van der Waals surface area contributed by atoms with E-state index in [0.717, 1.165) is 27.7 Å². The second-order valence-electron chi connectivity index (χ2n) is 5.59. The van der Waals surface area contributed by atoms with Gasteiger partial charge in [0.1, 0.15) is 5.58 Å². The van der Waals surface area contributed by atoms with Crippen molar-refractivity contribution in [2.45, 2.75) is 40.2 Å². The summed E-state index contributed by atoms with van der Waals surface area (Å²) >= 11 is 0. The lowest BCUT2D eigenvalue weighted by atomic mass is 10.0. The van der Waals surface area contributed by atoms with Gasteiger partial charge in [-0.05, 0) is 38.8 Å². The summed E-state index contributed by atoms with van der Waals surface area (Å²) in [7, 11) is 1.71. The van der Waals surface area contributed by atoms with Gasteiger partial charge in [0.15, 0.2) is 5.76 Å². The van der Waals surface area contributed by atoms with E-state index >= 15 is 0 Å². The molecule has 0 spiro atoms. The van der Waals surface area contributed by atoms with Gasteiger partial charge in [0.05, 0.1) is 12.5 Å². The molecule has 0 bridgehead atoms. The van der Waals surface area contributed by atoms with E-state index in [1.54, 1.807) is 11.9 Å². The normalized spacial score (nSPS) is 12.2. The number of fused-ring (bicyclic) bond motifs is 1. The summed E-state index contributed by atoms with van der Waals surface area (Å²) in [6, 6.07) is 5.98. The number of aryl methyl sites for hydroxylation is 3. The zero-order valence-electron chi connectivity index (χ0n) is 13.2. The summed E-state index contributed by atoms with van der Waals surface area (Å²) < 4.78 is 5.85. The number of carbonyl (C=O) groups is 1. The van der Waals surface area contributed by atoms with Gasteiger partial charge in [-0.2, -0.15) is 5.26 Å². The van der Waals surface area contributed by atoms with Gasteiger partial charge in [-0.15, -0.1) is 0 Å². The van der Waals surface area contributed by atoms with E-state index in [4.69, 9.17) is 9.68 Å². The molecule has 4 nitrogen and oxygen atoms in total. The number of rotatable bonds is 3. The van der Waals surface area contributed by atoms with E-state index in [2.05, 4.69) is 6.07 Å². The molecule has 0 fully saturated rings. The smallest absolute Gasteiger partial charge is 0.289 e. The molecule has 1 heterocycles. The molecule has 1 atom stereocenters. The van der Waals surface area contributed by atoms with Gasteiger partial charge in [-0.25, -0.2) is 0 Å². The highest BCUT2D eigenvalue weighted by atomic mass is 16.3. The standard InChI is InChI=1S/C17H20N2O2/c1-10-6-7-11(2)15-14(10)13(4)16(21-15)17(20)19(5)12(3)8-9-18/h6-7,12H,8H2,1-5H3. The maximum Gasteiger partial charge on any atom is 0.289 e. The van der Waals surface area contributed by atoms with Crippen molar-refractivity contribution in [1.82, 2.24) is 4.90 Å². The lowest BCUT2D eigenvalue weighted by Crippen LogP contribution is -2.34. The summed E-state index contributed by atoms with van der Waals surface area (Å²) in [6.07, 6.45) is 0.305. The fraction of sp³-hybridized carbons (Fsp3) is 0.412. The van der Waals surface area contributed by atoms with Crippen molar-refractivity contribution in [2.75, 3.05) is 7.05 Å². The fourth-order valence-corrected chi connectivity index (χ4v) is 2.51. The quantitative estimate of drug-likeness (QED) is 0.862. The first-order valence-electron chi connectivity index (χ1n) is 7.01. The Labute approximate surface area is 125 Å². The van der Waals surface area contributed by atoms with Gasteiger partial charge in [0.2, 0.25) is 0 Å². The van der Waals surface area contributed by atoms with Gasteiger partial charge >= 0.3 is 0 Å². The Balaban J connectivity index is 2.51. The van der Waals surface area contributed by atoms with Crippen LogP contribution in [0, 0.1) is 32.1 Å². The van der Waals surface area contributed by atoms with Crippen LogP contribution >= 0.6 is 0 Å². The molecular weight excluding hydrogens is 264 g/mol. The first-order chi connectivity index (χ1) is 9.88. The maximum atomic E-state index is 12.6. The van der Waals surface area contributed by atoms with Crippen LogP contribution in [0.15, 0.2) is 16.5 Å². The first kappa shape index (κ1) is 15.1. The van der Waals surface area contributed by atoms with Crippen LogP contribution in [0.1, 0.15) is 40.6 Å². The van der Waals surface area contributed by atoms with E-state index in [1.165, 1.54) is 0 Å². The first-order valence-corrected chi connectivity index (χ1v) is 7.01. The third kappa shape index (κ3) is 2.52. The summed E-state index contributed by atoms with van der Waals surface area (Å²) in [5.74, 6) is 0.194. The van der Waals surface area contributed by atoms with Gasteiger partial charge in [-0.1, -0.05) is 12.1 Å². The molecule has 4 heteroatoms. The van der Waals surface area contributed by atoms with Crippen LogP contribution in [0.25, 0.3) is 11.0 Å². The SMILES string of the molecule is Cc1ccc(C)c2c(C)c(C(=O)N(C)C(C)CC#N)oc12. The van der Waals surface area contributed by atoms with E-state index in [0.29, 0.717) is 12.2 Å². The molecule has 1 aromatic carbocycles. The second kappa shape index (κ2) is 5.61. The van der Waals surface area contributed by atoms with Gasteiger partial charge < -0.3 is 9.32 Å². The van der Waals surface area contributed by atoms with Crippen molar-refractivity contribution in [1.29, 1.82) is 5.26 Å². The van der Waals surface area contributed by atoms with Crippen LogP contribution in [-0.2, 0) is 0 Å². The second-order valence-corrected chi connectivity index (χ2v) is 5.59. The van der Waals surface area contributed by atoms with Crippen LogP contribution in [0.3, 0.4) is 0 Å². The number of nitrogens with zero attached hydrogens (tertiary/aromatic N) is 2. The van der Waals surface area contributed by atoms with Gasteiger partial charge in [0, 0.05) is 24.0 Å².